The largest absolute Gasteiger partial charge is 0.263 e. The van der Waals surface area contributed by atoms with Crippen molar-refractivity contribution < 1.29 is 0 Å². The zero-order valence-electron chi connectivity index (χ0n) is 8.63. The molecule has 0 aliphatic heterocycles. The fourth-order valence-corrected chi connectivity index (χ4v) is 1.58. The van der Waals surface area contributed by atoms with E-state index in [9.17, 15) is 0 Å². The van der Waals surface area contributed by atoms with Crippen LogP contribution in [0.2, 0.25) is 0 Å². The molecule has 2 aromatic rings. The maximum atomic E-state index is 4.30. The molecule has 0 saturated carbocycles. The predicted molar refractivity (Wildman–Crippen MR) is 56.0 cm³/mol. The van der Waals surface area contributed by atoms with E-state index in [1.807, 2.05) is 6.92 Å². The molecule has 0 fully saturated rings. The number of benzene rings is 1. The van der Waals surface area contributed by atoms with Gasteiger partial charge in [-0.25, -0.2) is 4.98 Å². The summed E-state index contributed by atoms with van der Waals surface area (Å²) in [4.78, 5) is 4.30. The van der Waals surface area contributed by atoms with Crippen LogP contribution in [-0.2, 0) is 0 Å². The minimum absolute atomic E-state index is 0.773. The number of rotatable bonds is 1. The molecule has 0 spiro atoms. The Bertz CT molecular complexity index is 437. The fraction of sp³-hybridized carbons (Fsp3) is 0.273. The molecule has 0 atom stereocenters. The Morgan fingerprint density at radius 2 is 1.64 bits per heavy atom. The molecule has 3 heteroatoms. The number of hydrogen-bond acceptors (Lipinski definition) is 2. The summed E-state index contributed by atoms with van der Waals surface area (Å²) in [5.74, 6) is 1.62. The second-order valence-electron chi connectivity index (χ2n) is 3.62. The molecule has 0 aliphatic rings. The van der Waals surface area contributed by atoms with Gasteiger partial charge in [-0.2, -0.15) is 5.10 Å². The van der Waals surface area contributed by atoms with Crippen LogP contribution in [0.4, 0.5) is 0 Å². The maximum absolute atomic E-state index is 4.30. The summed E-state index contributed by atoms with van der Waals surface area (Å²) in [6.07, 6.45) is 0. The topological polar surface area (TPSA) is 41.6 Å². The van der Waals surface area contributed by atoms with Gasteiger partial charge >= 0.3 is 0 Å². The fourth-order valence-electron chi connectivity index (χ4n) is 1.58. The molecule has 0 saturated heterocycles. The van der Waals surface area contributed by atoms with Crippen LogP contribution in [0.3, 0.4) is 0 Å². The molecule has 1 aromatic carbocycles. The van der Waals surface area contributed by atoms with Gasteiger partial charge in [-0.3, -0.25) is 5.10 Å². The monoisotopic (exact) mass is 187 g/mol. The Hall–Kier alpha value is -1.64. The summed E-state index contributed by atoms with van der Waals surface area (Å²) in [6, 6.07) is 6.33. The van der Waals surface area contributed by atoms with E-state index in [0.29, 0.717) is 0 Å². The standard InChI is InChI=1S/C11H13N3/c1-7-4-8(2)6-10(5-7)11-12-9(3)13-14-11/h4-6H,1-3H3,(H,12,13,14). The Kier molecular flexibility index (Phi) is 2.08. The first kappa shape index (κ1) is 8.94. The van der Waals surface area contributed by atoms with Crippen molar-refractivity contribution in [2.75, 3.05) is 0 Å². The molecule has 3 nitrogen and oxygen atoms in total. The average molecular weight is 187 g/mol. The zero-order valence-corrected chi connectivity index (χ0v) is 8.63. The molecule has 1 heterocycles. The summed E-state index contributed by atoms with van der Waals surface area (Å²) in [6.45, 7) is 6.06. The highest BCUT2D eigenvalue weighted by Gasteiger charge is 2.04. The van der Waals surface area contributed by atoms with Crippen molar-refractivity contribution >= 4 is 0 Å². The van der Waals surface area contributed by atoms with Crippen molar-refractivity contribution in [2.24, 2.45) is 0 Å². The second-order valence-corrected chi connectivity index (χ2v) is 3.62. The van der Waals surface area contributed by atoms with Gasteiger partial charge in [0.15, 0.2) is 5.82 Å². The van der Waals surface area contributed by atoms with Gasteiger partial charge in [-0.05, 0) is 32.9 Å². The third-order valence-corrected chi connectivity index (χ3v) is 2.08. The molecule has 0 bridgehead atoms. The van der Waals surface area contributed by atoms with E-state index in [-0.39, 0.29) is 0 Å². The van der Waals surface area contributed by atoms with Gasteiger partial charge in [-0.1, -0.05) is 17.2 Å². The Labute approximate surface area is 83.2 Å². The maximum Gasteiger partial charge on any atom is 0.181 e. The summed E-state index contributed by atoms with van der Waals surface area (Å²) in [7, 11) is 0. The van der Waals surface area contributed by atoms with Gasteiger partial charge in [-0.15, -0.1) is 0 Å². The minimum atomic E-state index is 0.773. The Balaban J connectivity index is 2.51. The SMILES string of the molecule is Cc1cc(C)cc(-c2n[nH]c(C)n2)c1. The van der Waals surface area contributed by atoms with Crippen LogP contribution in [0.5, 0.6) is 0 Å². The van der Waals surface area contributed by atoms with Gasteiger partial charge < -0.3 is 0 Å². The lowest BCUT2D eigenvalue weighted by Gasteiger charge is -2.00. The van der Waals surface area contributed by atoms with Crippen LogP contribution in [0.25, 0.3) is 11.4 Å². The summed E-state index contributed by atoms with van der Waals surface area (Å²) in [5.41, 5.74) is 3.55. The molecular weight excluding hydrogens is 174 g/mol. The summed E-state index contributed by atoms with van der Waals surface area (Å²) < 4.78 is 0. The van der Waals surface area contributed by atoms with E-state index in [0.717, 1.165) is 17.2 Å². The van der Waals surface area contributed by atoms with Crippen molar-refractivity contribution in [1.82, 2.24) is 15.2 Å². The molecule has 0 amide bonds. The minimum Gasteiger partial charge on any atom is -0.263 e. The number of nitrogens with one attached hydrogen (secondary N) is 1. The molecule has 2 rings (SSSR count). The third-order valence-electron chi connectivity index (χ3n) is 2.08. The molecule has 1 N–H and O–H groups in total. The number of aromatic amines is 1. The van der Waals surface area contributed by atoms with Gasteiger partial charge in [0.2, 0.25) is 0 Å². The van der Waals surface area contributed by atoms with Crippen molar-refractivity contribution in [3.8, 4) is 11.4 Å². The van der Waals surface area contributed by atoms with Gasteiger partial charge in [0.1, 0.15) is 5.82 Å². The second kappa shape index (κ2) is 3.25. The Morgan fingerprint density at radius 3 is 2.14 bits per heavy atom. The average Bonchev–Trinajstić information content (AvgIpc) is 2.50. The van der Waals surface area contributed by atoms with Crippen molar-refractivity contribution in [1.29, 1.82) is 0 Å². The molecule has 72 valence electrons. The van der Waals surface area contributed by atoms with Crippen LogP contribution in [0, 0.1) is 20.8 Å². The van der Waals surface area contributed by atoms with E-state index in [1.165, 1.54) is 11.1 Å². The highest BCUT2D eigenvalue weighted by molar-refractivity contribution is 5.57. The smallest absolute Gasteiger partial charge is 0.181 e. The first-order valence-corrected chi connectivity index (χ1v) is 4.63. The van der Waals surface area contributed by atoms with Crippen molar-refractivity contribution in [3.05, 3.63) is 35.2 Å². The highest BCUT2D eigenvalue weighted by Crippen LogP contribution is 2.18. The lowest BCUT2D eigenvalue weighted by Crippen LogP contribution is -1.84. The van der Waals surface area contributed by atoms with Crippen LogP contribution >= 0.6 is 0 Å². The molecule has 0 aliphatic carbocycles. The zero-order chi connectivity index (χ0) is 10.1. The molecule has 14 heavy (non-hydrogen) atoms. The lowest BCUT2D eigenvalue weighted by atomic mass is 10.1. The molecular formula is C11H13N3. The lowest BCUT2D eigenvalue weighted by molar-refractivity contribution is 1.04. The van der Waals surface area contributed by atoms with E-state index >= 15 is 0 Å². The van der Waals surface area contributed by atoms with Gasteiger partial charge in [0.25, 0.3) is 0 Å². The number of H-pyrrole nitrogens is 1. The molecule has 1 aromatic heterocycles. The quantitative estimate of drug-likeness (QED) is 0.744. The molecule has 0 radical (unpaired) electrons. The number of hydrogen-bond donors (Lipinski definition) is 1. The van der Waals surface area contributed by atoms with Gasteiger partial charge in [0.05, 0.1) is 0 Å². The summed E-state index contributed by atoms with van der Waals surface area (Å²) >= 11 is 0. The highest BCUT2D eigenvalue weighted by atomic mass is 15.2. The van der Waals surface area contributed by atoms with Crippen molar-refractivity contribution in [3.63, 3.8) is 0 Å². The van der Waals surface area contributed by atoms with E-state index in [1.54, 1.807) is 0 Å². The first-order valence-electron chi connectivity index (χ1n) is 4.63. The van der Waals surface area contributed by atoms with Crippen molar-refractivity contribution in [2.45, 2.75) is 20.8 Å². The van der Waals surface area contributed by atoms with E-state index < -0.39 is 0 Å². The van der Waals surface area contributed by atoms with Crippen LogP contribution in [-0.4, -0.2) is 15.2 Å². The van der Waals surface area contributed by atoms with Crippen LogP contribution in [0.15, 0.2) is 18.2 Å². The van der Waals surface area contributed by atoms with Gasteiger partial charge in [0, 0.05) is 5.56 Å². The molecule has 0 unspecified atom stereocenters. The first-order chi connectivity index (χ1) is 6.65. The van der Waals surface area contributed by atoms with Crippen LogP contribution < -0.4 is 0 Å². The predicted octanol–water partition coefficient (Wildman–Crippen LogP) is 2.40. The van der Waals surface area contributed by atoms with E-state index in [2.05, 4.69) is 47.2 Å². The number of aryl methyl sites for hydroxylation is 3. The third kappa shape index (κ3) is 1.66. The Morgan fingerprint density at radius 1 is 1.00 bits per heavy atom. The van der Waals surface area contributed by atoms with Crippen LogP contribution in [0.1, 0.15) is 17.0 Å². The normalized spacial score (nSPS) is 10.5. The summed E-state index contributed by atoms with van der Waals surface area (Å²) in [5, 5.41) is 6.98. The number of nitrogens with zero attached hydrogens (tertiary/aromatic N) is 2. The van der Waals surface area contributed by atoms with E-state index in [4.69, 9.17) is 0 Å². The number of aromatic nitrogens is 3.